The first kappa shape index (κ1) is 16.7. The first-order valence-electron chi connectivity index (χ1n) is 8.86. The van der Waals surface area contributed by atoms with E-state index in [9.17, 15) is 0 Å². The molecule has 0 N–H and O–H groups in total. The maximum Gasteiger partial charge on any atom is 0.0829 e. The molecule has 3 aliphatic rings. The second-order valence-electron chi connectivity index (χ2n) is 6.96. The lowest BCUT2D eigenvalue weighted by molar-refractivity contribution is -0.126. The van der Waals surface area contributed by atoms with E-state index in [1.807, 2.05) is 0 Å². The Morgan fingerprint density at radius 1 is 0.818 bits per heavy atom. The van der Waals surface area contributed by atoms with Crippen LogP contribution < -0.4 is 0 Å². The topological polar surface area (TPSA) is 40.2 Å². The molecule has 0 aromatic rings. The molecule has 0 aromatic heterocycles. The predicted molar refractivity (Wildman–Crippen MR) is 84.1 cm³/mol. The number of nitrogens with zero attached hydrogens (tertiary/aromatic N) is 1. The third kappa shape index (κ3) is 4.42. The Kier molecular flexibility index (Phi) is 6.10. The quantitative estimate of drug-likeness (QED) is 0.574. The third-order valence-electron chi connectivity index (χ3n) is 5.31. The van der Waals surface area contributed by atoms with Crippen LogP contribution in [-0.2, 0) is 18.9 Å². The van der Waals surface area contributed by atoms with Crippen LogP contribution >= 0.6 is 0 Å². The number of hydrogen-bond donors (Lipinski definition) is 0. The Morgan fingerprint density at radius 2 is 1.45 bits per heavy atom. The minimum atomic E-state index is 0.429. The fourth-order valence-electron chi connectivity index (χ4n) is 3.38. The Bertz CT molecular complexity index is 320. The van der Waals surface area contributed by atoms with Crippen molar-refractivity contribution < 1.29 is 18.9 Å². The Labute approximate surface area is 134 Å². The summed E-state index contributed by atoms with van der Waals surface area (Å²) in [5, 5.41) is 0. The maximum atomic E-state index is 5.90. The Morgan fingerprint density at radius 3 is 2.09 bits per heavy atom. The summed E-state index contributed by atoms with van der Waals surface area (Å²) < 4.78 is 22.8. The lowest BCUT2D eigenvalue weighted by atomic mass is 9.82. The van der Waals surface area contributed by atoms with E-state index in [0.717, 1.165) is 65.1 Å². The van der Waals surface area contributed by atoms with Crippen molar-refractivity contribution in [1.29, 1.82) is 0 Å². The number of ether oxygens (including phenoxy) is 4. The van der Waals surface area contributed by atoms with Crippen LogP contribution in [0.5, 0.6) is 0 Å². The van der Waals surface area contributed by atoms with Crippen LogP contribution in [0.25, 0.3) is 0 Å². The zero-order valence-electron chi connectivity index (χ0n) is 14.0. The van der Waals surface area contributed by atoms with Gasteiger partial charge in [-0.25, -0.2) is 0 Å². The number of likely N-dealkylation sites (N-methyl/N-ethyl adjacent to an activating group) is 1. The molecule has 0 unspecified atom stereocenters. The summed E-state index contributed by atoms with van der Waals surface area (Å²) in [6.07, 6.45) is 6.16. The number of methoxy groups -OCH3 is 1. The number of rotatable bonds is 10. The normalized spacial score (nSPS) is 35.7. The molecule has 5 heteroatoms. The van der Waals surface area contributed by atoms with Crippen molar-refractivity contribution in [3.05, 3.63) is 0 Å². The number of hydrogen-bond acceptors (Lipinski definition) is 5. The summed E-state index contributed by atoms with van der Waals surface area (Å²) >= 11 is 0. The molecule has 0 amide bonds. The summed E-state index contributed by atoms with van der Waals surface area (Å²) in [5.41, 5.74) is 0. The number of likely N-dealkylation sites (tertiary alicyclic amines) is 1. The lowest BCUT2D eigenvalue weighted by Gasteiger charge is -2.39. The van der Waals surface area contributed by atoms with Gasteiger partial charge in [-0.15, -0.1) is 0 Å². The van der Waals surface area contributed by atoms with Gasteiger partial charge in [0, 0.05) is 26.8 Å². The van der Waals surface area contributed by atoms with Gasteiger partial charge < -0.3 is 18.9 Å². The summed E-state index contributed by atoms with van der Waals surface area (Å²) in [6.45, 7) is 7.87. The van der Waals surface area contributed by atoms with Crippen LogP contribution in [0.1, 0.15) is 32.6 Å². The largest absolute Gasteiger partial charge is 0.381 e. The molecule has 2 aliphatic carbocycles. The van der Waals surface area contributed by atoms with Crippen molar-refractivity contribution in [3.63, 3.8) is 0 Å². The average Bonchev–Trinajstić information content (AvgIpc) is 2.39. The van der Waals surface area contributed by atoms with Gasteiger partial charge in [0.1, 0.15) is 0 Å². The van der Waals surface area contributed by atoms with Crippen LogP contribution in [0.4, 0.5) is 0 Å². The van der Waals surface area contributed by atoms with Crippen molar-refractivity contribution in [1.82, 2.24) is 4.90 Å². The first-order valence-corrected chi connectivity index (χ1v) is 8.86. The molecule has 2 saturated carbocycles. The van der Waals surface area contributed by atoms with Crippen molar-refractivity contribution in [2.24, 2.45) is 5.92 Å². The molecule has 0 spiro atoms. The standard InChI is InChI=1S/C17H31NO4/c1-3-18-10-17(11-18)21-5-4-20-15-6-13(7-15)12-22-16-8-14(9-16)19-2/h13-17H,3-12H2,1-2H3. The molecule has 22 heavy (non-hydrogen) atoms. The molecule has 3 rings (SSSR count). The van der Waals surface area contributed by atoms with Crippen LogP contribution in [0.2, 0.25) is 0 Å². The molecular weight excluding hydrogens is 282 g/mol. The second-order valence-corrected chi connectivity index (χ2v) is 6.96. The molecule has 1 heterocycles. The summed E-state index contributed by atoms with van der Waals surface area (Å²) in [6, 6.07) is 0. The van der Waals surface area contributed by atoms with E-state index in [2.05, 4.69) is 11.8 Å². The van der Waals surface area contributed by atoms with Gasteiger partial charge in [-0.05, 0) is 38.1 Å². The molecule has 0 aromatic carbocycles. The highest BCUT2D eigenvalue weighted by molar-refractivity contribution is 4.84. The fourth-order valence-corrected chi connectivity index (χ4v) is 3.38. The van der Waals surface area contributed by atoms with E-state index in [1.54, 1.807) is 7.11 Å². The van der Waals surface area contributed by atoms with Gasteiger partial charge in [-0.3, -0.25) is 4.90 Å². The van der Waals surface area contributed by atoms with E-state index >= 15 is 0 Å². The van der Waals surface area contributed by atoms with E-state index in [0.29, 0.717) is 30.3 Å². The van der Waals surface area contributed by atoms with Crippen LogP contribution in [0.15, 0.2) is 0 Å². The monoisotopic (exact) mass is 313 g/mol. The van der Waals surface area contributed by atoms with Crippen molar-refractivity contribution in [2.75, 3.05) is 46.6 Å². The van der Waals surface area contributed by atoms with E-state index < -0.39 is 0 Å². The molecule has 3 fully saturated rings. The maximum absolute atomic E-state index is 5.90. The second kappa shape index (κ2) is 8.06. The zero-order valence-corrected chi connectivity index (χ0v) is 14.0. The van der Waals surface area contributed by atoms with E-state index in [1.165, 1.54) is 0 Å². The average molecular weight is 313 g/mol. The van der Waals surface area contributed by atoms with E-state index in [-0.39, 0.29) is 0 Å². The van der Waals surface area contributed by atoms with Gasteiger partial charge in [-0.1, -0.05) is 6.92 Å². The van der Waals surface area contributed by atoms with Crippen molar-refractivity contribution in [2.45, 2.75) is 57.0 Å². The molecule has 1 saturated heterocycles. The van der Waals surface area contributed by atoms with Crippen LogP contribution in [0.3, 0.4) is 0 Å². The van der Waals surface area contributed by atoms with Gasteiger partial charge in [0.2, 0.25) is 0 Å². The van der Waals surface area contributed by atoms with Gasteiger partial charge in [0.15, 0.2) is 0 Å². The lowest BCUT2D eigenvalue weighted by Crippen LogP contribution is -2.52. The molecule has 1 aliphatic heterocycles. The molecule has 0 bridgehead atoms. The highest BCUT2D eigenvalue weighted by atomic mass is 16.5. The van der Waals surface area contributed by atoms with Gasteiger partial charge >= 0.3 is 0 Å². The minimum absolute atomic E-state index is 0.429. The summed E-state index contributed by atoms with van der Waals surface area (Å²) in [7, 11) is 1.78. The zero-order chi connectivity index (χ0) is 15.4. The third-order valence-corrected chi connectivity index (χ3v) is 5.31. The fraction of sp³-hybridized carbons (Fsp3) is 1.00. The van der Waals surface area contributed by atoms with Gasteiger partial charge in [0.25, 0.3) is 0 Å². The highest BCUT2D eigenvalue weighted by Gasteiger charge is 2.34. The van der Waals surface area contributed by atoms with Crippen molar-refractivity contribution >= 4 is 0 Å². The Balaban J connectivity index is 1.11. The Hall–Kier alpha value is -0.200. The smallest absolute Gasteiger partial charge is 0.0829 e. The van der Waals surface area contributed by atoms with Crippen molar-refractivity contribution in [3.8, 4) is 0 Å². The summed E-state index contributed by atoms with van der Waals surface area (Å²) in [4.78, 5) is 2.39. The summed E-state index contributed by atoms with van der Waals surface area (Å²) in [5.74, 6) is 0.692. The first-order chi connectivity index (χ1) is 10.8. The minimum Gasteiger partial charge on any atom is -0.381 e. The van der Waals surface area contributed by atoms with Crippen LogP contribution in [-0.4, -0.2) is 75.9 Å². The van der Waals surface area contributed by atoms with Gasteiger partial charge in [0.05, 0.1) is 37.6 Å². The molecule has 5 nitrogen and oxygen atoms in total. The molecule has 128 valence electrons. The molecule has 0 radical (unpaired) electrons. The molecule has 0 atom stereocenters. The predicted octanol–water partition coefficient (Wildman–Crippen LogP) is 1.70. The highest BCUT2D eigenvalue weighted by Crippen LogP contribution is 2.33. The SMILES string of the molecule is CCN1CC(OCCOC2CC(COC3CC(OC)C3)C2)C1. The van der Waals surface area contributed by atoms with Gasteiger partial charge in [-0.2, -0.15) is 0 Å². The van der Waals surface area contributed by atoms with E-state index in [4.69, 9.17) is 18.9 Å². The van der Waals surface area contributed by atoms with Crippen LogP contribution in [0, 0.1) is 5.92 Å². The molecular formula is C17H31NO4.